The molecule has 1 fully saturated rings. The van der Waals surface area contributed by atoms with Crippen LogP contribution in [0.1, 0.15) is 40.6 Å². The molecule has 1 aliphatic rings. The number of hydrogen-bond acceptors (Lipinski definition) is 5. The van der Waals surface area contributed by atoms with Gasteiger partial charge in [0.1, 0.15) is 11.5 Å². The lowest BCUT2D eigenvalue weighted by Crippen LogP contribution is -2.26. The van der Waals surface area contributed by atoms with E-state index >= 15 is 0 Å². The molecule has 140 valence electrons. The first-order valence-corrected chi connectivity index (χ1v) is 9.22. The molecule has 3 aromatic rings. The van der Waals surface area contributed by atoms with Crippen molar-refractivity contribution in [3.63, 3.8) is 0 Å². The molecule has 2 aromatic carbocycles. The van der Waals surface area contributed by atoms with Gasteiger partial charge in [0.25, 0.3) is 5.91 Å². The third-order valence-electron chi connectivity index (χ3n) is 4.47. The molecule has 4 rings (SSSR count). The highest BCUT2D eigenvalue weighted by Crippen LogP contribution is 2.23. The Kier molecular flexibility index (Phi) is 4.85. The summed E-state index contributed by atoms with van der Waals surface area (Å²) in [6, 6.07) is 18.6. The van der Waals surface area contributed by atoms with E-state index in [2.05, 4.69) is 20.6 Å². The summed E-state index contributed by atoms with van der Waals surface area (Å²) in [4.78, 5) is 33.0. The zero-order valence-corrected chi connectivity index (χ0v) is 15.5. The summed E-state index contributed by atoms with van der Waals surface area (Å²) in [5, 5.41) is 6.17. The van der Waals surface area contributed by atoms with Gasteiger partial charge in [-0.05, 0) is 44.0 Å². The molecule has 0 bridgehead atoms. The van der Waals surface area contributed by atoms with Crippen LogP contribution < -0.4 is 10.6 Å². The lowest BCUT2D eigenvalue weighted by molar-refractivity contribution is 0.0945. The Bertz CT molecular complexity index is 1010. The monoisotopic (exact) mass is 372 g/mol. The number of aromatic nitrogens is 2. The molecule has 1 amide bonds. The van der Waals surface area contributed by atoms with Gasteiger partial charge < -0.3 is 10.6 Å². The van der Waals surface area contributed by atoms with Gasteiger partial charge in [0, 0.05) is 28.9 Å². The molecule has 6 heteroatoms. The highest BCUT2D eigenvalue weighted by molar-refractivity contribution is 5.95. The summed E-state index contributed by atoms with van der Waals surface area (Å²) in [7, 11) is 0. The number of rotatable bonds is 6. The van der Waals surface area contributed by atoms with E-state index in [1.54, 1.807) is 18.2 Å². The molecule has 1 heterocycles. The van der Waals surface area contributed by atoms with Gasteiger partial charge >= 0.3 is 0 Å². The Morgan fingerprint density at radius 3 is 2.32 bits per heavy atom. The van der Waals surface area contributed by atoms with Gasteiger partial charge in [0.05, 0.1) is 0 Å². The smallest absolute Gasteiger partial charge is 0.270 e. The Morgan fingerprint density at radius 1 is 0.964 bits per heavy atom. The van der Waals surface area contributed by atoms with Crippen molar-refractivity contribution in [2.75, 3.05) is 5.32 Å². The fourth-order valence-electron chi connectivity index (χ4n) is 2.77. The Balaban J connectivity index is 1.66. The lowest BCUT2D eigenvalue weighted by Gasteiger charge is -2.11. The number of carbonyl (C=O) groups is 2. The maximum Gasteiger partial charge on any atom is 0.270 e. The number of amides is 1. The third-order valence-corrected chi connectivity index (χ3v) is 4.47. The molecule has 2 N–H and O–H groups in total. The highest BCUT2D eigenvalue weighted by atomic mass is 16.2. The van der Waals surface area contributed by atoms with Gasteiger partial charge in [-0.25, -0.2) is 9.97 Å². The first kappa shape index (κ1) is 17.9. The van der Waals surface area contributed by atoms with E-state index in [9.17, 15) is 9.59 Å². The summed E-state index contributed by atoms with van der Waals surface area (Å²) in [6.07, 6.45) is 2.02. The van der Waals surface area contributed by atoms with E-state index in [-0.39, 0.29) is 17.7 Å². The molecule has 1 saturated carbocycles. The average Bonchev–Trinajstić information content (AvgIpc) is 3.53. The van der Waals surface area contributed by atoms with Crippen LogP contribution in [-0.4, -0.2) is 27.7 Å². The molecule has 28 heavy (non-hydrogen) atoms. The van der Waals surface area contributed by atoms with Crippen LogP contribution in [0.5, 0.6) is 0 Å². The highest BCUT2D eigenvalue weighted by Gasteiger charge is 2.25. The van der Waals surface area contributed by atoms with Gasteiger partial charge in [-0.1, -0.05) is 30.3 Å². The number of nitrogens with one attached hydrogen (secondary N) is 2. The average molecular weight is 372 g/mol. The van der Waals surface area contributed by atoms with Crippen molar-refractivity contribution < 1.29 is 9.59 Å². The Morgan fingerprint density at radius 2 is 1.68 bits per heavy atom. The second-order valence-electron chi connectivity index (χ2n) is 6.83. The predicted octanol–water partition coefficient (Wildman–Crippen LogP) is 3.98. The van der Waals surface area contributed by atoms with E-state index in [1.165, 1.54) is 6.92 Å². The molecular formula is C22H20N4O2. The normalized spacial score (nSPS) is 13.0. The van der Waals surface area contributed by atoms with Crippen LogP contribution >= 0.6 is 0 Å². The van der Waals surface area contributed by atoms with Gasteiger partial charge in [-0.3, -0.25) is 9.59 Å². The number of benzene rings is 2. The third kappa shape index (κ3) is 4.23. The molecule has 1 aliphatic carbocycles. The Labute approximate surface area is 163 Å². The SMILES string of the molecule is CC(=O)c1ccc(Nc2cc(C(=O)NC3CC3)nc(-c3ccccc3)n2)cc1. The molecule has 0 spiro atoms. The van der Waals surface area contributed by atoms with Crippen molar-refractivity contribution in [1.82, 2.24) is 15.3 Å². The van der Waals surface area contributed by atoms with Crippen LogP contribution in [0.2, 0.25) is 0 Å². The van der Waals surface area contributed by atoms with Crippen molar-refractivity contribution in [2.45, 2.75) is 25.8 Å². The molecule has 1 aromatic heterocycles. The molecule has 0 atom stereocenters. The van der Waals surface area contributed by atoms with E-state index < -0.39 is 0 Å². The molecule has 0 radical (unpaired) electrons. The number of Topliss-reactive ketones (excluding diaryl/α,β-unsaturated/α-hetero) is 1. The first-order valence-electron chi connectivity index (χ1n) is 9.22. The van der Waals surface area contributed by atoms with Crippen molar-refractivity contribution in [2.24, 2.45) is 0 Å². The molecule has 0 aliphatic heterocycles. The van der Waals surface area contributed by atoms with Crippen molar-refractivity contribution >= 4 is 23.2 Å². The second kappa shape index (κ2) is 7.60. The van der Waals surface area contributed by atoms with Crippen LogP contribution in [0.3, 0.4) is 0 Å². The predicted molar refractivity (Wildman–Crippen MR) is 108 cm³/mol. The largest absolute Gasteiger partial charge is 0.348 e. The zero-order chi connectivity index (χ0) is 19.5. The van der Waals surface area contributed by atoms with Gasteiger partial charge in [0.2, 0.25) is 0 Å². The quantitative estimate of drug-likeness (QED) is 0.640. The number of hydrogen-bond donors (Lipinski definition) is 2. The van der Waals surface area contributed by atoms with E-state index in [4.69, 9.17) is 0 Å². The molecule has 0 unspecified atom stereocenters. The van der Waals surface area contributed by atoms with E-state index in [0.717, 1.165) is 24.1 Å². The minimum absolute atomic E-state index is 0.0129. The fourth-order valence-corrected chi connectivity index (χ4v) is 2.77. The minimum atomic E-state index is -0.197. The van der Waals surface area contributed by atoms with Crippen LogP contribution in [0.4, 0.5) is 11.5 Å². The topological polar surface area (TPSA) is 84.0 Å². The van der Waals surface area contributed by atoms with Gasteiger partial charge in [0.15, 0.2) is 11.6 Å². The van der Waals surface area contributed by atoms with E-state index in [1.807, 2.05) is 42.5 Å². The standard InChI is InChI=1S/C22H20N4O2/c1-14(27)15-7-9-17(10-8-15)23-20-13-19(22(28)24-18-11-12-18)25-21(26-20)16-5-3-2-4-6-16/h2-10,13,18H,11-12H2,1H3,(H,24,28)(H,23,25,26). The molecule has 0 saturated heterocycles. The molecular weight excluding hydrogens is 352 g/mol. The maximum absolute atomic E-state index is 12.5. The van der Waals surface area contributed by atoms with Crippen LogP contribution in [-0.2, 0) is 0 Å². The van der Waals surface area contributed by atoms with Crippen molar-refractivity contribution in [3.8, 4) is 11.4 Å². The summed E-state index contributed by atoms with van der Waals surface area (Å²) >= 11 is 0. The number of anilines is 2. The zero-order valence-electron chi connectivity index (χ0n) is 15.5. The molecule has 6 nitrogen and oxygen atoms in total. The van der Waals surface area contributed by atoms with E-state index in [0.29, 0.717) is 22.9 Å². The number of carbonyl (C=O) groups excluding carboxylic acids is 2. The number of nitrogens with zero attached hydrogens (tertiary/aromatic N) is 2. The lowest BCUT2D eigenvalue weighted by atomic mass is 10.1. The number of ketones is 1. The first-order chi connectivity index (χ1) is 13.6. The van der Waals surface area contributed by atoms with Crippen molar-refractivity contribution in [1.29, 1.82) is 0 Å². The van der Waals surface area contributed by atoms with Crippen molar-refractivity contribution in [3.05, 3.63) is 71.9 Å². The van der Waals surface area contributed by atoms with Crippen LogP contribution in [0.25, 0.3) is 11.4 Å². The maximum atomic E-state index is 12.5. The summed E-state index contributed by atoms with van der Waals surface area (Å²) in [6.45, 7) is 1.53. The fraction of sp³-hybridized carbons (Fsp3) is 0.182. The van der Waals surface area contributed by atoms with Crippen LogP contribution in [0.15, 0.2) is 60.7 Å². The minimum Gasteiger partial charge on any atom is -0.348 e. The van der Waals surface area contributed by atoms with Crippen LogP contribution in [0, 0.1) is 0 Å². The summed E-state index contributed by atoms with van der Waals surface area (Å²) in [5.41, 5.74) is 2.57. The Hall–Kier alpha value is -3.54. The van der Waals surface area contributed by atoms with Gasteiger partial charge in [-0.2, -0.15) is 0 Å². The second-order valence-corrected chi connectivity index (χ2v) is 6.83. The summed E-state index contributed by atoms with van der Waals surface area (Å²) in [5.74, 6) is 0.813. The van der Waals surface area contributed by atoms with Gasteiger partial charge in [-0.15, -0.1) is 0 Å². The summed E-state index contributed by atoms with van der Waals surface area (Å²) < 4.78 is 0.